The molecule has 1 aromatic carbocycles. The zero-order valence-electron chi connectivity index (χ0n) is 18.4. The SMILES string of the molecule is CCN(CCc1ccncc1)C(=O)c1cc(-c2ccc(C)cc2)n(C2CCS(=O)(=O)C2)n1. The summed E-state index contributed by atoms with van der Waals surface area (Å²) in [5, 5.41) is 4.63. The number of benzene rings is 1. The predicted molar refractivity (Wildman–Crippen MR) is 124 cm³/mol. The molecular formula is C24H28N4O3S. The summed E-state index contributed by atoms with van der Waals surface area (Å²) in [7, 11) is -3.08. The Kier molecular flexibility index (Phi) is 6.41. The fourth-order valence-electron chi connectivity index (χ4n) is 4.06. The number of amides is 1. The molecule has 1 fully saturated rings. The van der Waals surface area contributed by atoms with E-state index in [1.165, 1.54) is 0 Å². The first-order chi connectivity index (χ1) is 15.4. The number of carbonyl (C=O) groups excluding carboxylic acids is 1. The predicted octanol–water partition coefficient (Wildman–Crippen LogP) is 3.32. The third-order valence-electron chi connectivity index (χ3n) is 5.95. The molecule has 0 N–H and O–H groups in total. The van der Waals surface area contributed by atoms with Crippen molar-refractivity contribution in [2.75, 3.05) is 24.6 Å². The molecule has 4 rings (SSSR count). The molecule has 0 bridgehead atoms. The van der Waals surface area contributed by atoms with Crippen molar-refractivity contribution in [1.29, 1.82) is 0 Å². The molecule has 168 valence electrons. The lowest BCUT2D eigenvalue weighted by molar-refractivity contribution is 0.0759. The lowest BCUT2D eigenvalue weighted by atomic mass is 10.1. The van der Waals surface area contributed by atoms with Crippen LogP contribution in [0.1, 0.15) is 41.0 Å². The van der Waals surface area contributed by atoms with E-state index in [2.05, 4.69) is 10.1 Å². The molecule has 0 saturated carbocycles. The van der Waals surface area contributed by atoms with Gasteiger partial charge >= 0.3 is 0 Å². The van der Waals surface area contributed by atoms with Crippen LogP contribution in [0.2, 0.25) is 0 Å². The first kappa shape index (κ1) is 22.2. The lowest BCUT2D eigenvalue weighted by Crippen LogP contribution is -2.33. The molecule has 1 unspecified atom stereocenters. The van der Waals surface area contributed by atoms with Crippen LogP contribution in [0.15, 0.2) is 54.9 Å². The van der Waals surface area contributed by atoms with Crippen molar-refractivity contribution in [3.05, 3.63) is 71.7 Å². The second-order valence-corrected chi connectivity index (χ2v) is 10.5. The highest BCUT2D eigenvalue weighted by molar-refractivity contribution is 7.91. The van der Waals surface area contributed by atoms with Crippen molar-refractivity contribution in [2.45, 2.75) is 32.7 Å². The van der Waals surface area contributed by atoms with Crippen molar-refractivity contribution >= 4 is 15.7 Å². The normalized spacial score (nSPS) is 17.4. The van der Waals surface area contributed by atoms with Gasteiger partial charge in [0.15, 0.2) is 15.5 Å². The summed E-state index contributed by atoms with van der Waals surface area (Å²) in [5.41, 5.74) is 4.30. The molecule has 3 aromatic rings. The van der Waals surface area contributed by atoms with E-state index in [1.54, 1.807) is 28.0 Å². The summed E-state index contributed by atoms with van der Waals surface area (Å²) >= 11 is 0. The summed E-state index contributed by atoms with van der Waals surface area (Å²) in [5.74, 6) is 0.0662. The van der Waals surface area contributed by atoms with E-state index in [9.17, 15) is 13.2 Å². The van der Waals surface area contributed by atoms with Gasteiger partial charge < -0.3 is 4.90 Å². The van der Waals surface area contributed by atoms with Crippen molar-refractivity contribution in [2.24, 2.45) is 0 Å². The van der Waals surface area contributed by atoms with E-state index in [1.807, 2.05) is 50.2 Å². The van der Waals surface area contributed by atoms with E-state index in [-0.39, 0.29) is 23.5 Å². The zero-order chi connectivity index (χ0) is 22.7. The molecule has 1 aliphatic rings. The molecule has 0 radical (unpaired) electrons. The molecule has 8 heteroatoms. The second kappa shape index (κ2) is 9.24. The molecule has 1 aliphatic heterocycles. The summed E-state index contributed by atoms with van der Waals surface area (Å²) in [6, 6.07) is 13.4. The Morgan fingerprint density at radius 2 is 1.88 bits per heavy atom. The van der Waals surface area contributed by atoms with Gasteiger partial charge in [0.25, 0.3) is 5.91 Å². The average Bonchev–Trinajstić information content (AvgIpc) is 3.38. The van der Waals surface area contributed by atoms with Crippen LogP contribution >= 0.6 is 0 Å². The maximum Gasteiger partial charge on any atom is 0.274 e. The molecule has 1 amide bonds. The average molecular weight is 453 g/mol. The summed E-state index contributed by atoms with van der Waals surface area (Å²) < 4.78 is 26.0. The van der Waals surface area contributed by atoms with Crippen LogP contribution in [-0.2, 0) is 16.3 Å². The van der Waals surface area contributed by atoms with E-state index >= 15 is 0 Å². The van der Waals surface area contributed by atoms with Crippen molar-refractivity contribution in [1.82, 2.24) is 19.7 Å². The number of likely N-dealkylation sites (N-methyl/N-ethyl adjacent to an activating group) is 1. The maximum absolute atomic E-state index is 13.3. The van der Waals surface area contributed by atoms with E-state index in [4.69, 9.17) is 0 Å². The Labute approximate surface area is 189 Å². The number of nitrogens with zero attached hydrogens (tertiary/aromatic N) is 4. The van der Waals surface area contributed by atoms with Crippen LogP contribution in [0.5, 0.6) is 0 Å². The Morgan fingerprint density at radius 1 is 1.16 bits per heavy atom. The monoisotopic (exact) mass is 452 g/mol. The quantitative estimate of drug-likeness (QED) is 0.549. The summed E-state index contributed by atoms with van der Waals surface area (Å²) in [4.78, 5) is 19.1. The van der Waals surface area contributed by atoms with E-state index in [0.717, 1.165) is 28.8 Å². The third-order valence-corrected chi connectivity index (χ3v) is 7.70. The number of sulfone groups is 1. The highest BCUT2D eigenvalue weighted by atomic mass is 32.2. The van der Waals surface area contributed by atoms with Gasteiger partial charge in [-0.2, -0.15) is 5.10 Å². The highest BCUT2D eigenvalue weighted by Crippen LogP contribution is 2.30. The molecule has 2 aromatic heterocycles. The van der Waals surface area contributed by atoms with Gasteiger partial charge in [-0.15, -0.1) is 0 Å². The molecular weight excluding hydrogens is 424 g/mol. The fourth-order valence-corrected chi connectivity index (χ4v) is 5.76. The largest absolute Gasteiger partial charge is 0.337 e. The standard InChI is InChI=1S/C24H28N4O3S/c1-3-27(14-10-19-8-12-25-13-9-19)24(29)22-16-23(20-6-4-18(2)5-7-20)28(26-22)21-11-15-32(30,31)17-21/h4-9,12-13,16,21H,3,10-11,14-15,17H2,1-2H3. The van der Waals surface area contributed by atoms with Gasteiger partial charge in [0, 0.05) is 25.5 Å². The van der Waals surface area contributed by atoms with Crippen LogP contribution in [0.4, 0.5) is 0 Å². The van der Waals surface area contributed by atoms with Crippen molar-refractivity contribution in [3.8, 4) is 11.3 Å². The first-order valence-corrected chi connectivity index (χ1v) is 12.7. The minimum atomic E-state index is -3.08. The number of carbonyl (C=O) groups is 1. The number of pyridine rings is 1. The molecule has 0 aliphatic carbocycles. The Balaban J connectivity index is 1.63. The second-order valence-electron chi connectivity index (χ2n) is 8.27. The minimum absolute atomic E-state index is 0.0563. The van der Waals surface area contributed by atoms with Gasteiger partial charge in [0.1, 0.15) is 0 Å². The topological polar surface area (TPSA) is 85.2 Å². The fraction of sp³-hybridized carbons (Fsp3) is 0.375. The van der Waals surface area contributed by atoms with Gasteiger partial charge in [-0.05, 0) is 56.0 Å². The molecule has 32 heavy (non-hydrogen) atoms. The minimum Gasteiger partial charge on any atom is -0.337 e. The van der Waals surface area contributed by atoms with E-state index < -0.39 is 9.84 Å². The number of hydrogen-bond donors (Lipinski definition) is 0. The maximum atomic E-state index is 13.3. The number of rotatable bonds is 7. The van der Waals surface area contributed by atoms with Crippen molar-refractivity contribution < 1.29 is 13.2 Å². The molecule has 1 saturated heterocycles. The number of hydrogen-bond acceptors (Lipinski definition) is 5. The van der Waals surface area contributed by atoms with Crippen LogP contribution in [0, 0.1) is 6.92 Å². The van der Waals surface area contributed by atoms with Gasteiger partial charge in [-0.1, -0.05) is 29.8 Å². The Hall–Kier alpha value is -3.00. The van der Waals surface area contributed by atoms with Gasteiger partial charge in [-0.3, -0.25) is 14.5 Å². The van der Waals surface area contributed by atoms with Gasteiger partial charge in [-0.25, -0.2) is 8.42 Å². The molecule has 0 spiro atoms. The van der Waals surface area contributed by atoms with Crippen molar-refractivity contribution in [3.63, 3.8) is 0 Å². The highest BCUT2D eigenvalue weighted by Gasteiger charge is 2.32. The molecule has 1 atom stereocenters. The zero-order valence-corrected chi connectivity index (χ0v) is 19.3. The lowest BCUT2D eigenvalue weighted by Gasteiger charge is -2.19. The van der Waals surface area contributed by atoms with Gasteiger partial charge in [0.05, 0.1) is 23.2 Å². The third kappa shape index (κ3) is 4.91. The molecule has 7 nitrogen and oxygen atoms in total. The van der Waals surface area contributed by atoms with Crippen LogP contribution in [-0.4, -0.2) is 58.6 Å². The smallest absolute Gasteiger partial charge is 0.274 e. The molecule has 3 heterocycles. The van der Waals surface area contributed by atoms with E-state index in [0.29, 0.717) is 25.2 Å². The van der Waals surface area contributed by atoms with Crippen LogP contribution in [0.25, 0.3) is 11.3 Å². The summed E-state index contributed by atoms with van der Waals surface area (Å²) in [6.07, 6.45) is 4.74. The van der Waals surface area contributed by atoms with Crippen LogP contribution < -0.4 is 0 Å². The Bertz CT molecular complexity index is 1190. The van der Waals surface area contributed by atoms with Crippen LogP contribution in [0.3, 0.4) is 0 Å². The van der Waals surface area contributed by atoms with Gasteiger partial charge in [0.2, 0.25) is 0 Å². The Morgan fingerprint density at radius 3 is 2.50 bits per heavy atom. The number of aromatic nitrogens is 3. The number of aryl methyl sites for hydroxylation is 1. The first-order valence-electron chi connectivity index (χ1n) is 10.9. The summed E-state index contributed by atoms with van der Waals surface area (Å²) in [6.45, 7) is 5.10.